The molecule has 0 unspecified atom stereocenters. The lowest BCUT2D eigenvalue weighted by Gasteiger charge is -2.35. The number of nitrogens with one attached hydrogen (secondary N) is 1. The van der Waals surface area contributed by atoms with Crippen molar-refractivity contribution < 1.29 is 42.8 Å². The zero-order chi connectivity index (χ0) is 37.6. The third-order valence-electron chi connectivity index (χ3n) is 10.1. The van der Waals surface area contributed by atoms with Crippen LogP contribution in [0.25, 0.3) is 0 Å². The number of piperazine rings is 2. The highest BCUT2D eigenvalue weighted by atomic mass is 35.5. The molecule has 15 nitrogen and oxygen atoms in total. The molecule has 4 aromatic rings. The van der Waals surface area contributed by atoms with E-state index in [1.807, 2.05) is 35.2 Å². The van der Waals surface area contributed by atoms with Crippen LogP contribution in [0.4, 0.5) is 9.59 Å². The molecule has 4 atom stereocenters. The van der Waals surface area contributed by atoms with Gasteiger partial charge >= 0.3 is 12.2 Å². The van der Waals surface area contributed by atoms with Crippen LogP contribution < -0.4 is 24.3 Å². The van der Waals surface area contributed by atoms with Crippen LogP contribution in [0.1, 0.15) is 54.1 Å². The number of benzene rings is 2. The van der Waals surface area contributed by atoms with Gasteiger partial charge in [-0.25, -0.2) is 19.6 Å². The molecule has 6 aliphatic heterocycles. The van der Waals surface area contributed by atoms with Gasteiger partial charge in [-0.2, -0.15) is 0 Å². The van der Waals surface area contributed by atoms with Crippen molar-refractivity contribution >= 4 is 30.9 Å². The Kier molecular flexibility index (Phi) is 15.1. The van der Waals surface area contributed by atoms with Crippen LogP contribution in [0.3, 0.4) is 0 Å². The maximum absolute atomic E-state index is 11.6. The molecule has 16 heteroatoms. The lowest BCUT2D eigenvalue weighted by molar-refractivity contribution is 0.0850. The van der Waals surface area contributed by atoms with Gasteiger partial charge in [-0.15, -0.1) is 12.4 Å². The fourth-order valence-electron chi connectivity index (χ4n) is 7.13. The van der Waals surface area contributed by atoms with Crippen molar-refractivity contribution in [1.82, 2.24) is 30.0 Å². The summed E-state index contributed by atoms with van der Waals surface area (Å²) in [6.45, 7) is 7.89. The number of aldehydes is 1. The summed E-state index contributed by atoms with van der Waals surface area (Å²) < 4.78 is 33.1. The number of hydrogen-bond acceptors (Lipinski definition) is 13. The van der Waals surface area contributed by atoms with E-state index in [2.05, 4.69) is 44.5 Å². The van der Waals surface area contributed by atoms with Crippen LogP contribution in [-0.4, -0.2) is 121 Å². The smallest absolute Gasteiger partial charge is 0.410 e. The van der Waals surface area contributed by atoms with Gasteiger partial charge in [-0.05, 0) is 41.0 Å². The van der Waals surface area contributed by atoms with E-state index in [0.29, 0.717) is 61.3 Å². The third-order valence-corrected chi connectivity index (χ3v) is 10.1. The van der Waals surface area contributed by atoms with Crippen LogP contribution in [0, 0.1) is 0 Å². The van der Waals surface area contributed by atoms with Gasteiger partial charge in [-0.3, -0.25) is 19.5 Å². The Morgan fingerprint density at radius 3 is 1.79 bits per heavy atom. The van der Waals surface area contributed by atoms with Crippen molar-refractivity contribution in [2.45, 2.75) is 45.7 Å². The molecule has 4 saturated heterocycles. The first kappa shape index (κ1) is 43.5. The first-order valence-electron chi connectivity index (χ1n) is 18.4. The Morgan fingerprint density at radius 1 is 0.672 bits per heavy atom. The molecule has 0 radical (unpaired) electrons. The number of carbonyl (C=O) groups excluding carboxylic acids is 3. The van der Waals surface area contributed by atoms with Crippen molar-refractivity contribution in [3.8, 4) is 23.3 Å². The number of amides is 2. The summed E-state index contributed by atoms with van der Waals surface area (Å²) in [6, 6.07) is 23.5. The lowest BCUT2D eigenvalue weighted by atomic mass is 10.1. The van der Waals surface area contributed by atoms with Crippen LogP contribution in [-0.2, 0) is 16.0 Å². The molecule has 2 aromatic carbocycles. The molecular formula is C42H51ClN6O9. The first-order chi connectivity index (χ1) is 27.0. The van der Waals surface area contributed by atoms with Gasteiger partial charge in [0, 0.05) is 63.8 Å². The molecule has 6 aliphatic rings. The number of halogens is 1. The maximum atomic E-state index is 11.6. The molecule has 8 heterocycles. The minimum Gasteiger partial charge on any atom is -0.484 e. The van der Waals surface area contributed by atoms with Gasteiger partial charge < -0.3 is 33.7 Å². The van der Waals surface area contributed by atoms with Crippen LogP contribution in [0.5, 0.6) is 23.3 Å². The number of cyclic esters (lactones) is 2. The molecule has 1 N–H and O–H groups in total. The Morgan fingerprint density at radius 2 is 1.22 bits per heavy atom. The Labute approximate surface area is 344 Å². The summed E-state index contributed by atoms with van der Waals surface area (Å²) in [5, 5.41) is 3.20. The summed E-state index contributed by atoms with van der Waals surface area (Å²) in [5.74, 6) is 2.41. The van der Waals surface area contributed by atoms with Crippen LogP contribution in [0.2, 0.25) is 0 Å². The van der Waals surface area contributed by atoms with Gasteiger partial charge in [-0.1, -0.05) is 63.4 Å². The average molecular weight is 819 g/mol. The number of fused-ring (bicyclic) bond motifs is 4. The van der Waals surface area contributed by atoms with Gasteiger partial charge in [0.2, 0.25) is 0 Å². The summed E-state index contributed by atoms with van der Waals surface area (Å²) in [5.41, 5.74) is 3.94. The van der Waals surface area contributed by atoms with E-state index in [9.17, 15) is 14.4 Å². The highest BCUT2D eigenvalue weighted by Crippen LogP contribution is 2.35. The number of aromatic nitrogens is 2. The quantitative estimate of drug-likeness (QED) is 0.244. The molecular weight excluding hydrogens is 768 g/mol. The van der Waals surface area contributed by atoms with Crippen molar-refractivity contribution in [2.75, 3.05) is 65.7 Å². The first-order valence-corrected chi connectivity index (χ1v) is 18.4. The molecule has 310 valence electrons. The highest BCUT2D eigenvalue weighted by molar-refractivity contribution is 5.85. The second kappa shape index (κ2) is 20.2. The summed E-state index contributed by atoms with van der Waals surface area (Å²) in [6.07, 6.45) is 3.54. The third kappa shape index (κ3) is 10.1. The van der Waals surface area contributed by atoms with E-state index in [4.69, 9.17) is 28.4 Å². The topological polar surface area (TPSA) is 154 Å². The normalized spacial score (nSPS) is 22.2. The minimum atomic E-state index is -0.187. The molecule has 0 saturated carbocycles. The molecule has 2 amide bonds. The second-order valence-electron chi connectivity index (χ2n) is 13.8. The number of hydrogen-bond donors (Lipinski definition) is 1. The Bertz CT molecular complexity index is 1970. The van der Waals surface area contributed by atoms with Gasteiger partial charge in [0.05, 0.1) is 12.1 Å². The van der Waals surface area contributed by atoms with Gasteiger partial charge in [0.25, 0.3) is 11.8 Å². The number of ether oxygens (including phenoxy) is 6. The van der Waals surface area contributed by atoms with Crippen LogP contribution in [0.15, 0.2) is 85.2 Å². The van der Waals surface area contributed by atoms with Crippen molar-refractivity contribution in [3.63, 3.8) is 0 Å². The lowest BCUT2D eigenvalue weighted by Crippen LogP contribution is -2.51. The predicted molar refractivity (Wildman–Crippen MR) is 217 cm³/mol. The number of pyridine rings is 2. The fourth-order valence-corrected chi connectivity index (χ4v) is 7.13. The largest absolute Gasteiger partial charge is 0.484 e. The summed E-state index contributed by atoms with van der Waals surface area (Å²) in [7, 11) is 0. The van der Waals surface area contributed by atoms with E-state index in [1.54, 1.807) is 35.5 Å². The van der Waals surface area contributed by atoms with Gasteiger partial charge in [0.15, 0.2) is 23.7 Å². The standard InChI is InChI=1S/C20H21N3O4.C14H11NO3.C6H10N2O2.2CH4.ClH/c24-20-23-9-8-22(11-16(23)12-26-20)10-14-3-5-15(6-4-14)18-13-25-17-2-1-7-21-19(17)27-18;16-8-10-3-5-11(6-4-10)13-9-17-12-2-1-7-15-14(12)18-13;9-6-8-2-1-7-3-5(8)4-10-6;;;/h1-7,16,18H,8-13H2;1-8,13H,9H2;5,7H,1-4H2;2*1H4;1H/t16-,18+;13-;5-;;;/m010.../s1. The van der Waals surface area contributed by atoms with E-state index >= 15 is 0 Å². The van der Waals surface area contributed by atoms with E-state index in [0.717, 1.165) is 63.2 Å². The maximum Gasteiger partial charge on any atom is 0.410 e. The molecule has 0 aliphatic carbocycles. The van der Waals surface area contributed by atoms with Crippen molar-refractivity contribution in [3.05, 3.63) is 107 Å². The van der Waals surface area contributed by atoms with Crippen molar-refractivity contribution in [1.29, 1.82) is 0 Å². The fraction of sp³-hybridized carbons (Fsp3) is 0.405. The monoisotopic (exact) mass is 818 g/mol. The van der Waals surface area contributed by atoms with Gasteiger partial charge in [0.1, 0.15) is 32.7 Å². The highest BCUT2D eigenvalue weighted by Gasteiger charge is 2.37. The van der Waals surface area contributed by atoms with Crippen molar-refractivity contribution in [2.24, 2.45) is 0 Å². The zero-order valence-corrected chi connectivity index (χ0v) is 31.4. The minimum absolute atomic E-state index is 0. The zero-order valence-electron chi connectivity index (χ0n) is 30.6. The second-order valence-corrected chi connectivity index (χ2v) is 13.8. The van der Waals surface area contributed by atoms with E-state index < -0.39 is 0 Å². The van der Waals surface area contributed by atoms with E-state index in [-0.39, 0.29) is 57.7 Å². The number of nitrogens with zero attached hydrogens (tertiary/aromatic N) is 5. The number of carbonyl (C=O) groups is 3. The predicted octanol–water partition coefficient (Wildman–Crippen LogP) is 5.74. The number of rotatable bonds is 5. The summed E-state index contributed by atoms with van der Waals surface area (Å²) >= 11 is 0. The molecule has 58 heavy (non-hydrogen) atoms. The molecule has 10 rings (SSSR count). The molecule has 4 fully saturated rings. The van der Waals surface area contributed by atoms with Crippen LogP contribution >= 0.6 is 12.4 Å². The van der Waals surface area contributed by atoms with E-state index in [1.165, 1.54) is 5.56 Å². The SMILES string of the molecule is C.C.Cl.O=C1OC[C@@H]2CN(Cc3ccc([C@H]4COc5cccnc5O4)cc3)CCN12.O=C1OC[C@@H]2CNCCN12.O=Cc1ccc([C@H]2COc3cccnc3O2)cc1. The Hall–Kier alpha value is -5.64. The summed E-state index contributed by atoms with van der Waals surface area (Å²) in [4.78, 5) is 47.4. The molecule has 0 spiro atoms. The molecule has 2 aromatic heterocycles. The average Bonchev–Trinajstić information content (AvgIpc) is 3.82. The molecule has 0 bridgehead atoms. The Balaban J connectivity index is 0.000000179.